The molecule has 0 aliphatic heterocycles. The van der Waals surface area contributed by atoms with E-state index in [0.717, 1.165) is 22.7 Å². The number of rotatable bonds is 5. The highest BCUT2D eigenvalue weighted by molar-refractivity contribution is 5.84. The fraction of sp³-hybridized carbons (Fsp3) is 0.143. The zero-order valence-electron chi connectivity index (χ0n) is 10.8. The highest BCUT2D eigenvalue weighted by Gasteiger charge is 2.02. The molecule has 19 heavy (non-hydrogen) atoms. The lowest BCUT2D eigenvalue weighted by Crippen LogP contribution is -1.95. The molecular weight excluding hydrogens is 242 g/mol. The maximum absolute atomic E-state index is 5.26. The fourth-order valence-electron chi connectivity index (χ4n) is 1.54. The van der Waals surface area contributed by atoms with E-state index in [1.54, 1.807) is 32.8 Å². The second-order valence-electron chi connectivity index (χ2n) is 3.71. The van der Waals surface area contributed by atoms with E-state index >= 15 is 0 Å². The van der Waals surface area contributed by atoms with Crippen LogP contribution >= 0.6 is 0 Å². The number of anilines is 1. The molecule has 0 saturated carbocycles. The van der Waals surface area contributed by atoms with Gasteiger partial charge in [0.1, 0.15) is 11.5 Å². The van der Waals surface area contributed by atoms with Crippen LogP contribution in [-0.4, -0.2) is 25.4 Å². The first-order chi connectivity index (χ1) is 9.33. The fourth-order valence-corrected chi connectivity index (χ4v) is 1.54. The number of methoxy groups -OCH3 is 2. The van der Waals surface area contributed by atoms with Crippen molar-refractivity contribution >= 4 is 11.9 Å². The van der Waals surface area contributed by atoms with Crippen LogP contribution in [0.15, 0.2) is 47.8 Å². The first-order valence-corrected chi connectivity index (χ1v) is 5.74. The lowest BCUT2D eigenvalue weighted by molar-refractivity contribution is 0.402. The predicted molar refractivity (Wildman–Crippen MR) is 75.0 cm³/mol. The van der Waals surface area contributed by atoms with Crippen LogP contribution in [0.25, 0.3) is 0 Å². The molecule has 1 N–H and O–H groups in total. The maximum atomic E-state index is 5.26. The molecule has 0 unspecified atom stereocenters. The molecule has 0 radical (unpaired) electrons. The summed E-state index contributed by atoms with van der Waals surface area (Å²) >= 11 is 0. The van der Waals surface area contributed by atoms with Crippen LogP contribution in [-0.2, 0) is 0 Å². The van der Waals surface area contributed by atoms with E-state index in [4.69, 9.17) is 9.47 Å². The van der Waals surface area contributed by atoms with Gasteiger partial charge < -0.3 is 9.47 Å². The number of benzene rings is 1. The Labute approximate surface area is 111 Å². The van der Waals surface area contributed by atoms with Crippen molar-refractivity contribution in [2.45, 2.75) is 0 Å². The van der Waals surface area contributed by atoms with Crippen molar-refractivity contribution in [1.29, 1.82) is 0 Å². The monoisotopic (exact) mass is 257 g/mol. The standard InChI is InChI=1S/C14H15N3O2/c1-18-13-3-4-14(19-2)11(9-13)10-16-17-12-5-7-15-8-6-12/h3-10H,1-2H3,(H,15,17)/b16-10+. The molecule has 0 aliphatic rings. The van der Waals surface area contributed by atoms with E-state index in [1.165, 1.54) is 0 Å². The van der Waals surface area contributed by atoms with Crippen molar-refractivity contribution in [3.63, 3.8) is 0 Å². The van der Waals surface area contributed by atoms with E-state index in [9.17, 15) is 0 Å². The number of nitrogens with one attached hydrogen (secondary N) is 1. The van der Waals surface area contributed by atoms with Gasteiger partial charge in [-0.05, 0) is 30.3 Å². The van der Waals surface area contributed by atoms with Crippen molar-refractivity contribution < 1.29 is 9.47 Å². The molecule has 1 heterocycles. The van der Waals surface area contributed by atoms with E-state index < -0.39 is 0 Å². The van der Waals surface area contributed by atoms with Crippen LogP contribution in [0.2, 0.25) is 0 Å². The molecule has 0 spiro atoms. The minimum Gasteiger partial charge on any atom is -0.497 e. The zero-order chi connectivity index (χ0) is 13.5. The Balaban J connectivity index is 2.13. The molecule has 0 aliphatic carbocycles. The third-order valence-electron chi connectivity index (χ3n) is 2.51. The SMILES string of the molecule is COc1ccc(OC)c(/C=N/Nc2ccncc2)c1. The average molecular weight is 257 g/mol. The molecule has 2 rings (SSSR count). The molecule has 0 fully saturated rings. The summed E-state index contributed by atoms with van der Waals surface area (Å²) < 4.78 is 10.4. The topological polar surface area (TPSA) is 55.7 Å². The summed E-state index contributed by atoms with van der Waals surface area (Å²) in [5.41, 5.74) is 4.62. The number of aromatic nitrogens is 1. The summed E-state index contributed by atoms with van der Waals surface area (Å²) in [6.07, 6.45) is 5.08. The molecule has 98 valence electrons. The largest absolute Gasteiger partial charge is 0.497 e. The zero-order valence-corrected chi connectivity index (χ0v) is 10.8. The third kappa shape index (κ3) is 3.45. The molecule has 0 saturated heterocycles. The first-order valence-electron chi connectivity index (χ1n) is 5.74. The van der Waals surface area contributed by atoms with Crippen molar-refractivity contribution in [2.75, 3.05) is 19.6 Å². The van der Waals surface area contributed by atoms with E-state index in [1.807, 2.05) is 30.3 Å². The minimum absolute atomic E-state index is 0.737. The van der Waals surface area contributed by atoms with E-state index in [-0.39, 0.29) is 0 Å². The van der Waals surface area contributed by atoms with Gasteiger partial charge in [0.25, 0.3) is 0 Å². The van der Waals surface area contributed by atoms with Crippen molar-refractivity contribution in [1.82, 2.24) is 4.98 Å². The van der Waals surface area contributed by atoms with Crippen LogP contribution in [0.4, 0.5) is 5.69 Å². The summed E-state index contributed by atoms with van der Waals surface area (Å²) in [7, 11) is 3.24. The van der Waals surface area contributed by atoms with E-state index in [0.29, 0.717) is 0 Å². The summed E-state index contributed by atoms with van der Waals surface area (Å²) in [6, 6.07) is 9.20. The molecule has 2 aromatic rings. The second-order valence-corrected chi connectivity index (χ2v) is 3.71. The molecule has 1 aromatic heterocycles. The van der Waals surface area contributed by atoms with Gasteiger partial charge in [-0.1, -0.05) is 0 Å². The Morgan fingerprint density at radius 2 is 1.89 bits per heavy atom. The molecular formula is C14H15N3O2. The number of ether oxygens (including phenoxy) is 2. The Hall–Kier alpha value is -2.56. The highest BCUT2D eigenvalue weighted by atomic mass is 16.5. The number of hydrazone groups is 1. The molecule has 0 bridgehead atoms. The molecule has 0 amide bonds. The number of hydrogen-bond acceptors (Lipinski definition) is 5. The summed E-state index contributed by atoms with van der Waals surface area (Å²) in [5, 5.41) is 4.16. The highest BCUT2D eigenvalue weighted by Crippen LogP contribution is 2.22. The van der Waals surface area contributed by atoms with Crippen LogP contribution in [0.3, 0.4) is 0 Å². The van der Waals surface area contributed by atoms with Crippen molar-refractivity contribution in [3.05, 3.63) is 48.3 Å². The Morgan fingerprint density at radius 1 is 1.11 bits per heavy atom. The Kier molecular flexibility index (Phi) is 4.34. The first kappa shape index (κ1) is 12.9. The van der Waals surface area contributed by atoms with Gasteiger partial charge in [-0.3, -0.25) is 10.4 Å². The van der Waals surface area contributed by atoms with Crippen molar-refractivity contribution in [2.24, 2.45) is 5.10 Å². The number of pyridine rings is 1. The van der Waals surface area contributed by atoms with Crippen LogP contribution in [0.1, 0.15) is 5.56 Å². The predicted octanol–water partition coefficient (Wildman–Crippen LogP) is 2.54. The van der Waals surface area contributed by atoms with Gasteiger partial charge in [-0.15, -0.1) is 0 Å². The van der Waals surface area contributed by atoms with Crippen LogP contribution in [0, 0.1) is 0 Å². The Bertz CT molecular complexity index is 556. The van der Waals surface area contributed by atoms with Gasteiger partial charge in [0, 0.05) is 18.0 Å². The number of hydrogen-bond donors (Lipinski definition) is 1. The normalized spacial score (nSPS) is 10.4. The van der Waals surface area contributed by atoms with E-state index in [2.05, 4.69) is 15.5 Å². The van der Waals surface area contributed by atoms with Gasteiger partial charge in [0.2, 0.25) is 0 Å². The van der Waals surface area contributed by atoms with Gasteiger partial charge in [0.05, 0.1) is 26.1 Å². The minimum atomic E-state index is 0.737. The summed E-state index contributed by atoms with van der Waals surface area (Å²) in [6.45, 7) is 0. The summed E-state index contributed by atoms with van der Waals surface area (Å²) in [4.78, 5) is 3.93. The Morgan fingerprint density at radius 3 is 2.58 bits per heavy atom. The maximum Gasteiger partial charge on any atom is 0.127 e. The molecule has 1 aromatic carbocycles. The lowest BCUT2D eigenvalue weighted by atomic mass is 10.2. The number of nitrogens with zero attached hydrogens (tertiary/aromatic N) is 2. The van der Waals surface area contributed by atoms with Crippen LogP contribution in [0.5, 0.6) is 11.5 Å². The van der Waals surface area contributed by atoms with Gasteiger partial charge in [-0.25, -0.2) is 0 Å². The van der Waals surface area contributed by atoms with Gasteiger partial charge in [0.15, 0.2) is 0 Å². The smallest absolute Gasteiger partial charge is 0.127 e. The second kappa shape index (κ2) is 6.39. The summed E-state index contributed by atoms with van der Waals surface area (Å²) in [5.74, 6) is 1.49. The quantitative estimate of drug-likeness (QED) is 0.660. The lowest BCUT2D eigenvalue weighted by Gasteiger charge is -2.06. The molecule has 0 atom stereocenters. The van der Waals surface area contributed by atoms with Gasteiger partial charge in [-0.2, -0.15) is 5.10 Å². The molecule has 5 heteroatoms. The third-order valence-corrected chi connectivity index (χ3v) is 2.51. The van der Waals surface area contributed by atoms with Crippen molar-refractivity contribution in [3.8, 4) is 11.5 Å². The van der Waals surface area contributed by atoms with Gasteiger partial charge >= 0.3 is 0 Å². The average Bonchev–Trinajstić information content (AvgIpc) is 2.48. The molecule has 5 nitrogen and oxygen atoms in total. The van der Waals surface area contributed by atoms with Crippen LogP contribution < -0.4 is 14.9 Å².